The Labute approximate surface area is 172 Å². The first-order valence-corrected chi connectivity index (χ1v) is 9.49. The van der Waals surface area contributed by atoms with Gasteiger partial charge >= 0.3 is 0 Å². The SMILES string of the molecule is C[C@H](O)Cn1c(=O)c(Oc2ccc(F)cc2F)cc2cnc(NCC(C)(C)C)nc21. The minimum atomic E-state index is -0.936. The molecule has 0 aliphatic carbocycles. The number of pyridine rings is 1. The Morgan fingerprint density at radius 1 is 1.23 bits per heavy atom. The summed E-state index contributed by atoms with van der Waals surface area (Å²) in [6, 6.07) is 4.20. The molecule has 0 bridgehead atoms. The molecule has 2 heterocycles. The molecular formula is C21H24F2N4O3. The summed E-state index contributed by atoms with van der Waals surface area (Å²) in [5.41, 5.74) is -0.305. The lowest BCUT2D eigenvalue weighted by Crippen LogP contribution is -2.27. The van der Waals surface area contributed by atoms with Crippen molar-refractivity contribution in [1.82, 2.24) is 14.5 Å². The molecule has 1 aromatic carbocycles. The van der Waals surface area contributed by atoms with Gasteiger partial charge in [0.05, 0.1) is 12.6 Å². The summed E-state index contributed by atoms with van der Waals surface area (Å²) >= 11 is 0. The van der Waals surface area contributed by atoms with E-state index in [0.717, 1.165) is 12.1 Å². The highest BCUT2D eigenvalue weighted by molar-refractivity contribution is 5.77. The van der Waals surface area contributed by atoms with E-state index in [1.54, 1.807) is 0 Å². The van der Waals surface area contributed by atoms with Crippen LogP contribution in [-0.4, -0.2) is 32.3 Å². The Morgan fingerprint density at radius 2 is 1.97 bits per heavy atom. The molecule has 3 aromatic rings. The number of aromatic nitrogens is 3. The molecule has 160 valence electrons. The Morgan fingerprint density at radius 3 is 2.60 bits per heavy atom. The van der Waals surface area contributed by atoms with Gasteiger partial charge in [-0.3, -0.25) is 9.36 Å². The van der Waals surface area contributed by atoms with Crippen LogP contribution in [0.3, 0.4) is 0 Å². The Hall–Kier alpha value is -3.07. The third-order valence-corrected chi connectivity index (χ3v) is 4.13. The number of rotatable bonds is 6. The third kappa shape index (κ3) is 5.10. The third-order valence-electron chi connectivity index (χ3n) is 4.13. The molecule has 0 fully saturated rings. The van der Waals surface area contributed by atoms with Gasteiger partial charge in [-0.2, -0.15) is 4.98 Å². The van der Waals surface area contributed by atoms with Gasteiger partial charge in [0.25, 0.3) is 5.56 Å². The number of hydrogen-bond acceptors (Lipinski definition) is 6. The molecular weight excluding hydrogens is 394 g/mol. The van der Waals surface area contributed by atoms with E-state index in [-0.39, 0.29) is 23.5 Å². The van der Waals surface area contributed by atoms with E-state index < -0.39 is 23.3 Å². The predicted molar refractivity (Wildman–Crippen MR) is 110 cm³/mol. The van der Waals surface area contributed by atoms with Crippen molar-refractivity contribution in [1.29, 1.82) is 0 Å². The normalized spacial score (nSPS) is 12.8. The van der Waals surface area contributed by atoms with Crippen molar-refractivity contribution in [2.24, 2.45) is 5.41 Å². The number of nitrogens with zero attached hydrogens (tertiary/aromatic N) is 3. The van der Waals surface area contributed by atoms with Crippen LogP contribution < -0.4 is 15.6 Å². The first-order chi connectivity index (χ1) is 14.0. The van der Waals surface area contributed by atoms with Crippen molar-refractivity contribution in [3.63, 3.8) is 0 Å². The number of hydrogen-bond donors (Lipinski definition) is 2. The largest absolute Gasteiger partial charge is 0.448 e. The lowest BCUT2D eigenvalue weighted by atomic mass is 9.97. The smallest absolute Gasteiger partial charge is 0.295 e. The molecule has 0 saturated heterocycles. The Bertz CT molecular complexity index is 1120. The molecule has 30 heavy (non-hydrogen) atoms. The zero-order valence-corrected chi connectivity index (χ0v) is 17.2. The van der Waals surface area contributed by atoms with Crippen molar-refractivity contribution in [2.45, 2.75) is 40.3 Å². The maximum absolute atomic E-state index is 14.0. The van der Waals surface area contributed by atoms with Crippen molar-refractivity contribution in [2.75, 3.05) is 11.9 Å². The first-order valence-electron chi connectivity index (χ1n) is 9.49. The van der Waals surface area contributed by atoms with Crippen molar-refractivity contribution < 1.29 is 18.6 Å². The number of aliphatic hydroxyl groups is 1. The monoisotopic (exact) mass is 418 g/mol. The van der Waals surface area contributed by atoms with E-state index in [1.165, 1.54) is 23.8 Å². The molecule has 0 saturated carbocycles. The second-order valence-electron chi connectivity index (χ2n) is 8.34. The van der Waals surface area contributed by atoms with Crippen LogP contribution >= 0.6 is 0 Å². The molecule has 2 N–H and O–H groups in total. The fourth-order valence-corrected chi connectivity index (χ4v) is 2.74. The van der Waals surface area contributed by atoms with Crippen LogP contribution in [0.25, 0.3) is 11.0 Å². The first kappa shape index (κ1) is 21.6. The van der Waals surface area contributed by atoms with E-state index in [9.17, 15) is 18.7 Å². The lowest BCUT2D eigenvalue weighted by molar-refractivity contribution is 0.173. The maximum Gasteiger partial charge on any atom is 0.295 e. The van der Waals surface area contributed by atoms with Gasteiger partial charge in [0.2, 0.25) is 5.95 Å². The minimum Gasteiger partial charge on any atom is -0.448 e. The molecule has 2 aromatic heterocycles. The average molecular weight is 418 g/mol. The van der Waals surface area contributed by atoms with Crippen LogP contribution in [0.2, 0.25) is 0 Å². The molecule has 1 atom stereocenters. The van der Waals surface area contributed by atoms with Gasteiger partial charge in [-0.15, -0.1) is 0 Å². The van der Waals surface area contributed by atoms with Gasteiger partial charge in [0.1, 0.15) is 11.5 Å². The summed E-state index contributed by atoms with van der Waals surface area (Å²) in [6.45, 7) is 8.28. The zero-order valence-electron chi connectivity index (χ0n) is 17.2. The summed E-state index contributed by atoms with van der Waals surface area (Å²) < 4.78 is 33.8. The number of ether oxygens (including phenoxy) is 1. The molecule has 7 nitrogen and oxygen atoms in total. The highest BCUT2D eigenvalue weighted by Crippen LogP contribution is 2.25. The zero-order chi connectivity index (χ0) is 22.1. The fraction of sp³-hybridized carbons (Fsp3) is 0.381. The van der Waals surface area contributed by atoms with E-state index >= 15 is 0 Å². The van der Waals surface area contributed by atoms with Crippen LogP contribution in [0.1, 0.15) is 27.7 Å². The molecule has 0 aliphatic rings. The number of benzene rings is 1. The predicted octanol–water partition coefficient (Wildman–Crippen LogP) is 3.70. The van der Waals surface area contributed by atoms with Gasteiger partial charge in [-0.05, 0) is 30.5 Å². The van der Waals surface area contributed by atoms with Crippen LogP contribution in [0.15, 0.2) is 35.3 Å². The van der Waals surface area contributed by atoms with Gasteiger partial charge < -0.3 is 15.2 Å². The second kappa shape index (κ2) is 8.35. The Kier molecular flexibility index (Phi) is 6.02. The van der Waals surface area contributed by atoms with Crippen molar-refractivity contribution in [3.8, 4) is 11.5 Å². The lowest BCUT2D eigenvalue weighted by Gasteiger charge is -2.19. The second-order valence-corrected chi connectivity index (χ2v) is 8.34. The fourth-order valence-electron chi connectivity index (χ4n) is 2.74. The average Bonchev–Trinajstić information content (AvgIpc) is 2.64. The van der Waals surface area contributed by atoms with Crippen LogP contribution in [0.5, 0.6) is 11.5 Å². The van der Waals surface area contributed by atoms with Crippen LogP contribution in [-0.2, 0) is 6.54 Å². The number of halogens is 2. The van der Waals surface area contributed by atoms with Gasteiger partial charge in [-0.25, -0.2) is 13.8 Å². The Balaban J connectivity index is 2.07. The van der Waals surface area contributed by atoms with E-state index in [0.29, 0.717) is 29.6 Å². The molecule has 0 spiro atoms. The van der Waals surface area contributed by atoms with Crippen molar-refractivity contribution >= 4 is 17.0 Å². The number of nitrogens with one attached hydrogen (secondary N) is 1. The standard InChI is InChI=1S/C21H24F2N4O3/c1-12(28)10-27-18-13(9-24-20(26-18)25-11-21(2,3)4)7-17(19(27)29)30-16-6-5-14(22)8-15(16)23/h5-9,12,28H,10-11H2,1-4H3,(H,24,25,26)/t12-/m0/s1. The molecule has 9 heteroatoms. The summed E-state index contributed by atoms with van der Waals surface area (Å²) in [4.78, 5) is 21.7. The molecule has 0 radical (unpaired) electrons. The molecule has 0 unspecified atom stereocenters. The highest BCUT2D eigenvalue weighted by Gasteiger charge is 2.17. The maximum atomic E-state index is 14.0. The molecule has 0 amide bonds. The van der Waals surface area contributed by atoms with Crippen molar-refractivity contribution in [3.05, 3.63) is 52.5 Å². The van der Waals surface area contributed by atoms with Gasteiger partial charge in [0.15, 0.2) is 17.3 Å². The van der Waals surface area contributed by atoms with Crippen LogP contribution in [0, 0.1) is 17.0 Å². The topological polar surface area (TPSA) is 89.3 Å². The minimum absolute atomic E-state index is 0.00543. The number of fused-ring (bicyclic) bond motifs is 1. The molecule has 0 aliphatic heterocycles. The van der Waals surface area contributed by atoms with E-state index in [1.807, 2.05) is 0 Å². The number of anilines is 1. The summed E-state index contributed by atoms with van der Waals surface area (Å²) in [5, 5.41) is 13.5. The summed E-state index contributed by atoms with van der Waals surface area (Å²) in [5.74, 6) is -1.83. The summed E-state index contributed by atoms with van der Waals surface area (Å²) in [7, 11) is 0. The quantitative estimate of drug-likeness (QED) is 0.635. The molecule has 3 rings (SSSR count). The number of aliphatic hydroxyl groups excluding tert-OH is 1. The van der Waals surface area contributed by atoms with Gasteiger partial charge in [-0.1, -0.05) is 20.8 Å². The van der Waals surface area contributed by atoms with E-state index in [2.05, 4.69) is 36.1 Å². The van der Waals surface area contributed by atoms with Crippen LogP contribution in [0.4, 0.5) is 14.7 Å². The van der Waals surface area contributed by atoms with E-state index in [4.69, 9.17) is 4.74 Å². The highest BCUT2D eigenvalue weighted by atomic mass is 19.1. The summed E-state index contributed by atoms with van der Waals surface area (Å²) in [6.07, 6.45) is 0.670. The van der Waals surface area contributed by atoms with Gasteiger partial charge in [0, 0.05) is 24.2 Å².